The molecule has 2 heterocycles. The number of fused-ring (bicyclic) bond motifs is 1. The Balaban J connectivity index is 1.70. The molecular formula is C23H23F5N6O. The van der Waals surface area contributed by atoms with E-state index in [4.69, 9.17) is 4.74 Å². The summed E-state index contributed by atoms with van der Waals surface area (Å²) in [6.07, 6.45) is 1.64. The fourth-order valence-electron chi connectivity index (χ4n) is 3.64. The molecule has 0 saturated carbocycles. The molecule has 0 aliphatic carbocycles. The molecule has 0 saturated heterocycles. The predicted octanol–water partition coefficient (Wildman–Crippen LogP) is 4.29. The molecule has 12 heteroatoms. The number of hydrogen-bond donors (Lipinski definition) is 1. The summed E-state index contributed by atoms with van der Waals surface area (Å²) >= 11 is 0. The van der Waals surface area contributed by atoms with Gasteiger partial charge in [0.1, 0.15) is 0 Å². The summed E-state index contributed by atoms with van der Waals surface area (Å²) in [7, 11) is 3.74. The highest BCUT2D eigenvalue weighted by molar-refractivity contribution is 5.43. The first-order valence-corrected chi connectivity index (χ1v) is 10.9. The number of anilines is 2. The van der Waals surface area contributed by atoms with Crippen molar-refractivity contribution in [1.82, 2.24) is 19.9 Å². The number of nitrogens with one attached hydrogen (secondary N) is 1. The van der Waals surface area contributed by atoms with Crippen LogP contribution in [0.3, 0.4) is 0 Å². The van der Waals surface area contributed by atoms with Crippen LogP contribution >= 0.6 is 0 Å². The minimum Gasteiger partial charge on any atom is -0.418 e. The molecule has 1 aliphatic heterocycles. The van der Waals surface area contributed by atoms with Crippen molar-refractivity contribution in [3.8, 4) is 11.8 Å². The topological polar surface area (TPSA) is 66.4 Å². The Morgan fingerprint density at radius 1 is 0.914 bits per heavy atom. The van der Waals surface area contributed by atoms with Gasteiger partial charge in [0.05, 0.1) is 0 Å². The Morgan fingerprint density at radius 3 is 2.26 bits per heavy atom. The number of aromatic nitrogens is 3. The van der Waals surface area contributed by atoms with Gasteiger partial charge in [-0.15, -0.1) is 0 Å². The second-order valence-corrected chi connectivity index (χ2v) is 8.27. The molecule has 1 aliphatic rings. The van der Waals surface area contributed by atoms with Crippen molar-refractivity contribution in [3.05, 3.63) is 64.5 Å². The quantitative estimate of drug-likeness (QED) is 0.299. The maximum atomic E-state index is 14.2. The average molecular weight is 494 g/mol. The van der Waals surface area contributed by atoms with Crippen molar-refractivity contribution < 1.29 is 26.7 Å². The van der Waals surface area contributed by atoms with Gasteiger partial charge in [0.15, 0.2) is 0 Å². The number of likely N-dealkylation sites (N-methyl/N-ethyl adjacent to an activating group) is 1. The number of benzene rings is 2. The Bertz CT molecular complexity index is 1200. The van der Waals surface area contributed by atoms with Crippen molar-refractivity contribution in [2.75, 3.05) is 43.9 Å². The van der Waals surface area contributed by atoms with E-state index in [9.17, 15) is 22.0 Å². The third-order valence-corrected chi connectivity index (χ3v) is 5.44. The van der Waals surface area contributed by atoms with Gasteiger partial charge in [0.25, 0.3) is 0 Å². The minimum absolute atomic E-state index is 0.0354. The van der Waals surface area contributed by atoms with Gasteiger partial charge in [0.2, 0.25) is 46.7 Å². The van der Waals surface area contributed by atoms with E-state index in [0.717, 1.165) is 18.4 Å². The van der Waals surface area contributed by atoms with Crippen LogP contribution in [0.2, 0.25) is 0 Å². The van der Waals surface area contributed by atoms with Crippen LogP contribution in [0.5, 0.6) is 11.8 Å². The summed E-state index contributed by atoms with van der Waals surface area (Å²) in [5.41, 5.74) is 2.25. The average Bonchev–Trinajstić information content (AvgIpc) is 3.06. The van der Waals surface area contributed by atoms with Crippen molar-refractivity contribution in [2.24, 2.45) is 0 Å². The highest BCUT2D eigenvalue weighted by atomic mass is 19.2. The van der Waals surface area contributed by atoms with Gasteiger partial charge in [0, 0.05) is 26.2 Å². The minimum atomic E-state index is -2.28. The first-order valence-electron chi connectivity index (χ1n) is 10.9. The Labute approximate surface area is 198 Å². The van der Waals surface area contributed by atoms with Crippen LogP contribution in [0.4, 0.5) is 33.8 Å². The maximum absolute atomic E-state index is 14.2. The second kappa shape index (κ2) is 10.4. The largest absolute Gasteiger partial charge is 0.418 e. The Hall–Kier alpha value is -3.54. The van der Waals surface area contributed by atoms with E-state index in [1.54, 1.807) is 0 Å². The summed E-state index contributed by atoms with van der Waals surface area (Å²) in [5, 5.41) is 2.97. The zero-order valence-electron chi connectivity index (χ0n) is 19.1. The Kier molecular flexibility index (Phi) is 7.29. The molecule has 35 heavy (non-hydrogen) atoms. The Morgan fingerprint density at radius 2 is 1.57 bits per heavy atom. The molecule has 0 bridgehead atoms. The normalized spacial score (nSPS) is 13.5. The van der Waals surface area contributed by atoms with Crippen molar-refractivity contribution in [2.45, 2.75) is 19.4 Å². The van der Waals surface area contributed by atoms with Gasteiger partial charge in [-0.1, -0.05) is 24.3 Å². The van der Waals surface area contributed by atoms with Crippen LogP contribution in [0.15, 0.2) is 24.3 Å². The van der Waals surface area contributed by atoms with E-state index in [-0.39, 0.29) is 11.9 Å². The van der Waals surface area contributed by atoms with Crippen LogP contribution < -0.4 is 15.0 Å². The fourth-order valence-corrected chi connectivity index (χ4v) is 3.64. The molecule has 186 valence electrons. The molecule has 0 radical (unpaired) electrons. The molecular weight excluding hydrogens is 471 g/mol. The maximum Gasteiger partial charge on any atom is 0.328 e. The zero-order chi connectivity index (χ0) is 25.1. The van der Waals surface area contributed by atoms with Crippen LogP contribution in [0, 0.1) is 29.1 Å². The second-order valence-electron chi connectivity index (χ2n) is 8.27. The third-order valence-electron chi connectivity index (χ3n) is 5.44. The van der Waals surface area contributed by atoms with Crippen LogP contribution in [0.25, 0.3) is 0 Å². The molecule has 1 N–H and O–H groups in total. The molecule has 0 amide bonds. The molecule has 7 nitrogen and oxygen atoms in total. The van der Waals surface area contributed by atoms with Crippen molar-refractivity contribution >= 4 is 11.9 Å². The number of ether oxygens (including phenoxy) is 1. The van der Waals surface area contributed by atoms with Crippen LogP contribution in [-0.4, -0.2) is 53.6 Å². The van der Waals surface area contributed by atoms with E-state index in [1.165, 1.54) is 5.56 Å². The SMILES string of the molecule is CN(C)CCNc1nc(Oc2c(F)c(F)c(F)c(F)c2F)nc(N2CCCc3ccccc3C2)n1. The molecule has 0 fully saturated rings. The van der Waals surface area contributed by atoms with Crippen molar-refractivity contribution in [3.63, 3.8) is 0 Å². The smallest absolute Gasteiger partial charge is 0.328 e. The molecule has 0 atom stereocenters. The number of nitrogens with zero attached hydrogens (tertiary/aromatic N) is 5. The predicted molar refractivity (Wildman–Crippen MR) is 119 cm³/mol. The van der Waals surface area contributed by atoms with Crippen molar-refractivity contribution in [1.29, 1.82) is 0 Å². The highest BCUT2D eigenvalue weighted by Gasteiger charge is 2.29. The summed E-state index contributed by atoms with van der Waals surface area (Å²) in [6.45, 7) is 2.06. The van der Waals surface area contributed by atoms with E-state index in [2.05, 4.69) is 20.3 Å². The first-order chi connectivity index (χ1) is 16.7. The number of aryl methyl sites for hydroxylation is 1. The molecule has 4 rings (SSSR count). The van der Waals surface area contributed by atoms with Crippen LogP contribution in [-0.2, 0) is 13.0 Å². The molecule has 1 aromatic heterocycles. The standard InChI is InChI=1S/C23H23F5N6O/c1-33(2)11-9-29-21-30-22(34-10-5-8-13-6-3-4-7-14(13)12-34)32-23(31-21)35-20-18(27)16(25)15(24)17(26)19(20)28/h3-4,6-7H,5,8-12H2,1-2H3,(H,29,30,31,32). The van der Waals surface area contributed by atoms with Crippen LogP contribution in [0.1, 0.15) is 17.5 Å². The lowest BCUT2D eigenvalue weighted by Gasteiger charge is -2.22. The third kappa shape index (κ3) is 5.42. The van der Waals surface area contributed by atoms with E-state index in [1.807, 2.05) is 48.2 Å². The summed E-state index contributed by atoms with van der Waals surface area (Å²) in [5.74, 6) is -12.1. The lowest BCUT2D eigenvalue weighted by atomic mass is 10.0. The monoisotopic (exact) mass is 494 g/mol. The summed E-state index contributed by atoms with van der Waals surface area (Å²) in [4.78, 5) is 16.3. The summed E-state index contributed by atoms with van der Waals surface area (Å²) < 4.78 is 74.2. The molecule has 0 unspecified atom stereocenters. The van der Waals surface area contributed by atoms with Gasteiger partial charge in [-0.2, -0.15) is 23.7 Å². The van der Waals surface area contributed by atoms with Gasteiger partial charge in [-0.05, 0) is 38.1 Å². The lowest BCUT2D eigenvalue weighted by Crippen LogP contribution is -2.26. The number of hydrogen-bond acceptors (Lipinski definition) is 7. The number of halogens is 5. The van der Waals surface area contributed by atoms with Gasteiger partial charge in [-0.3, -0.25) is 0 Å². The molecule has 0 spiro atoms. The zero-order valence-corrected chi connectivity index (χ0v) is 19.1. The van der Waals surface area contributed by atoms with Gasteiger partial charge < -0.3 is 19.9 Å². The van der Waals surface area contributed by atoms with E-state index in [0.29, 0.717) is 26.2 Å². The van der Waals surface area contributed by atoms with E-state index < -0.39 is 40.8 Å². The molecule has 2 aromatic carbocycles. The lowest BCUT2D eigenvalue weighted by molar-refractivity contribution is 0.322. The first kappa shape index (κ1) is 24.6. The van der Waals surface area contributed by atoms with Gasteiger partial charge in [-0.25, -0.2) is 13.2 Å². The number of rotatable bonds is 7. The highest BCUT2D eigenvalue weighted by Crippen LogP contribution is 2.32. The van der Waals surface area contributed by atoms with Gasteiger partial charge >= 0.3 is 6.01 Å². The molecule has 3 aromatic rings. The van der Waals surface area contributed by atoms with E-state index >= 15 is 0 Å². The fraction of sp³-hybridized carbons (Fsp3) is 0.348. The summed E-state index contributed by atoms with van der Waals surface area (Å²) in [6, 6.07) is 7.29.